The largest absolute Gasteiger partial charge is 0.419 e. The summed E-state index contributed by atoms with van der Waals surface area (Å²) >= 11 is 12.9. The zero-order valence-corrected chi connectivity index (χ0v) is 12.9. The van der Waals surface area contributed by atoms with Gasteiger partial charge < -0.3 is 5.32 Å². The molecule has 1 atom stereocenters. The molecule has 0 spiro atoms. The highest BCUT2D eigenvalue weighted by molar-refractivity contribution is 7.20. The topological polar surface area (TPSA) is 12.0 Å². The minimum Gasteiger partial charge on any atom is -0.309 e. The Balaban J connectivity index is 2.56. The molecule has 0 radical (unpaired) electrons. The highest BCUT2D eigenvalue weighted by Crippen LogP contribution is 2.40. The Labute approximate surface area is 132 Å². The molecule has 1 aromatic heterocycles. The van der Waals surface area contributed by atoms with Crippen LogP contribution in [0.25, 0.3) is 0 Å². The van der Waals surface area contributed by atoms with E-state index in [1.54, 1.807) is 0 Å². The third-order valence-electron chi connectivity index (χ3n) is 2.93. The predicted octanol–water partition coefficient (Wildman–Crippen LogP) is 5.52. The van der Waals surface area contributed by atoms with Crippen molar-refractivity contribution in [2.45, 2.75) is 12.2 Å². The Hall–Kier alpha value is -0.820. The van der Waals surface area contributed by atoms with Crippen LogP contribution in [-0.4, -0.2) is 7.05 Å². The smallest absolute Gasteiger partial charge is 0.309 e. The number of halogens is 6. The Morgan fingerprint density at radius 3 is 2.33 bits per heavy atom. The SMILES string of the molecule is CNC(c1cc(Cl)sc1Cl)c1cccc(C(F)(F)F)c1F. The Kier molecular flexibility index (Phi) is 4.82. The van der Waals surface area contributed by atoms with Crippen molar-refractivity contribution in [3.63, 3.8) is 0 Å². The molecule has 1 aromatic carbocycles. The molecule has 0 saturated carbocycles. The number of alkyl halides is 3. The molecule has 1 nitrogen and oxygen atoms in total. The molecule has 0 amide bonds. The number of nitrogens with one attached hydrogen (secondary N) is 1. The van der Waals surface area contributed by atoms with Crippen molar-refractivity contribution in [3.8, 4) is 0 Å². The molecule has 0 bridgehead atoms. The molecule has 1 N–H and O–H groups in total. The van der Waals surface area contributed by atoms with Gasteiger partial charge in [-0.2, -0.15) is 13.2 Å². The number of hydrogen-bond donors (Lipinski definition) is 1. The van der Waals surface area contributed by atoms with Crippen LogP contribution in [-0.2, 0) is 6.18 Å². The molecule has 2 rings (SSSR count). The van der Waals surface area contributed by atoms with Gasteiger partial charge in [0.05, 0.1) is 20.3 Å². The van der Waals surface area contributed by atoms with Crippen molar-refractivity contribution in [2.75, 3.05) is 7.05 Å². The highest BCUT2D eigenvalue weighted by atomic mass is 35.5. The fourth-order valence-corrected chi connectivity index (χ4v) is 3.55. The van der Waals surface area contributed by atoms with Crippen LogP contribution in [0.15, 0.2) is 24.3 Å². The molecule has 2 aromatic rings. The first kappa shape index (κ1) is 16.5. The van der Waals surface area contributed by atoms with E-state index in [2.05, 4.69) is 5.32 Å². The number of hydrogen-bond acceptors (Lipinski definition) is 2. The second-order valence-electron chi connectivity index (χ2n) is 4.21. The third kappa shape index (κ3) is 3.34. The van der Waals surface area contributed by atoms with Crippen LogP contribution in [0.5, 0.6) is 0 Å². The van der Waals surface area contributed by atoms with Crippen LogP contribution in [0.2, 0.25) is 8.67 Å². The van der Waals surface area contributed by atoms with Crippen molar-refractivity contribution < 1.29 is 17.6 Å². The zero-order valence-electron chi connectivity index (χ0n) is 10.6. The minimum atomic E-state index is -4.76. The molecule has 0 saturated heterocycles. The fraction of sp³-hybridized carbons (Fsp3) is 0.231. The summed E-state index contributed by atoms with van der Waals surface area (Å²) in [6, 6.07) is 3.84. The molecule has 21 heavy (non-hydrogen) atoms. The quantitative estimate of drug-likeness (QED) is 0.713. The molecule has 8 heteroatoms. The average Bonchev–Trinajstić information content (AvgIpc) is 2.70. The second-order valence-corrected chi connectivity index (χ2v) is 6.49. The Bertz CT molecular complexity index is 654. The van der Waals surface area contributed by atoms with E-state index in [1.807, 2.05) is 0 Å². The van der Waals surface area contributed by atoms with E-state index in [9.17, 15) is 17.6 Å². The first-order valence-electron chi connectivity index (χ1n) is 5.73. The highest BCUT2D eigenvalue weighted by Gasteiger charge is 2.36. The van der Waals surface area contributed by atoms with Crippen LogP contribution in [0.4, 0.5) is 17.6 Å². The predicted molar refractivity (Wildman–Crippen MR) is 76.6 cm³/mol. The van der Waals surface area contributed by atoms with E-state index in [0.717, 1.165) is 17.4 Å². The molecular weight excluding hydrogens is 349 g/mol. The zero-order chi connectivity index (χ0) is 15.8. The van der Waals surface area contributed by atoms with E-state index >= 15 is 0 Å². The maximum Gasteiger partial charge on any atom is 0.419 e. The monoisotopic (exact) mass is 357 g/mol. The van der Waals surface area contributed by atoms with Crippen molar-refractivity contribution >= 4 is 34.5 Å². The molecule has 1 heterocycles. The van der Waals surface area contributed by atoms with E-state index in [-0.39, 0.29) is 5.56 Å². The number of rotatable bonds is 3. The molecule has 0 aliphatic carbocycles. The summed E-state index contributed by atoms with van der Waals surface area (Å²) in [7, 11) is 1.51. The molecule has 0 aliphatic heterocycles. The lowest BCUT2D eigenvalue weighted by Gasteiger charge is -2.19. The minimum absolute atomic E-state index is 0.135. The maximum absolute atomic E-state index is 14.2. The normalized spacial score (nSPS) is 13.5. The lowest BCUT2D eigenvalue weighted by atomic mass is 9.98. The van der Waals surface area contributed by atoms with Crippen molar-refractivity contribution in [2.24, 2.45) is 0 Å². The molecule has 0 aliphatic rings. The van der Waals surface area contributed by atoms with Crippen LogP contribution in [0.1, 0.15) is 22.7 Å². The summed E-state index contributed by atoms with van der Waals surface area (Å²) in [6.45, 7) is 0. The van der Waals surface area contributed by atoms with E-state index in [0.29, 0.717) is 20.3 Å². The van der Waals surface area contributed by atoms with Gasteiger partial charge in [-0.05, 0) is 19.2 Å². The van der Waals surface area contributed by atoms with Gasteiger partial charge in [-0.1, -0.05) is 35.3 Å². The fourth-order valence-electron chi connectivity index (χ4n) is 2.02. The van der Waals surface area contributed by atoms with Crippen LogP contribution in [0, 0.1) is 5.82 Å². The van der Waals surface area contributed by atoms with Gasteiger partial charge in [-0.15, -0.1) is 11.3 Å². The standard InChI is InChI=1S/C13H9Cl2F4NS/c1-20-11(7-5-9(14)21-12(7)15)6-3-2-4-8(10(6)16)13(17,18)19/h2-5,11,20H,1H3. The molecule has 0 fully saturated rings. The van der Waals surface area contributed by atoms with Crippen LogP contribution >= 0.6 is 34.5 Å². The average molecular weight is 358 g/mol. The Morgan fingerprint density at radius 2 is 1.86 bits per heavy atom. The maximum atomic E-state index is 14.2. The molecule has 1 unspecified atom stereocenters. The number of benzene rings is 1. The Morgan fingerprint density at radius 1 is 1.19 bits per heavy atom. The van der Waals surface area contributed by atoms with Crippen molar-refractivity contribution in [3.05, 3.63) is 55.4 Å². The second kappa shape index (κ2) is 6.12. The van der Waals surface area contributed by atoms with E-state index in [1.165, 1.54) is 19.2 Å². The summed E-state index contributed by atoms with van der Waals surface area (Å²) in [6.07, 6.45) is -4.76. The first-order valence-corrected chi connectivity index (χ1v) is 7.30. The van der Waals surface area contributed by atoms with Crippen molar-refractivity contribution in [1.29, 1.82) is 0 Å². The van der Waals surface area contributed by atoms with Crippen LogP contribution < -0.4 is 5.32 Å². The van der Waals surface area contributed by atoms with E-state index < -0.39 is 23.6 Å². The summed E-state index contributed by atoms with van der Waals surface area (Å²) in [5.41, 5.74) is -1.01. The van der Waals surface area contributed by atoms with E-state index in [4.69, 9.17) is 23.2 Å². The lowest BCUT2D eigenvalue weighted by molar-refractivity contribution is -0.140. The van der Waals surface area contributed by atoms with Gasteiger partial charge >= 0.3 is 6.18 Å². The summed E-state index contributed by atoms with van der Waals surface area (Å²) < 4.78 is 53.2. The van der Waals surface area contributed by atoms with Gasteiger partial charge in [0, 0.05) is 11.1 Å². The summed E-state index contributed by atoms with van der Waals surface area (Å²) in [5.74, 6) is -1.32. The van der Waals surface area contributed by atoms with Gasteiger partial charge in [0.15, 0.2) is 0 Å². The van der Waals surface area contributed by atoms with Gasteiger partial charge in [-0.25, -0.2) is 4.39 Å². The summed E-state index contributed by atoms with van der Waals surface area (Å²) in [5, 5.41) is 2.76. The van der Waals surface area contributed by atoms with Gasteiger partial charge in [0.25, 0.3) is 0 Å². The third-order valence-corrected chi connectivity index (χ3v) is 4.45. The number of thiophene rings is 1. The van der Waals surface area contributed by atoms with Crippen molar-refractivity contribution in [1.82, 2.24) is 5.32 Å². The molecule has 114 valence electrons. The lowest BCUT2D eigenvalue weighted by Crippen LogP contribution is -2.20. The molecular formula is C13H9Cl2F4NS. The van der Waals surface area contributed by atoms with Gasteiger partial charge in [0.1, 0.15) is 5.82 Å². The summed E-state index contributed by atoms with van der Waals surface area (Å²) in [4.78, 5) is 0. The first-order chi connectivity index (χ1) is 9.75. The van der Waals surface area contributed by atoms with Gasteiger partial charge in [-0.3, -0.25) is 0 Å². The van der Waals surface area contributed by atoms with Crippen LogP contribution in [0.3, 0.4) is 0 Å². The van der Waals surface area contributed by atoms with Gasteiger partial charge in [0.2, 0.25) is 0 Å².